The van der Waals surface area contributed by atoms with Crippen LogP contribution in [0.15, 0.2) is 35.3 Å². The normalized spacial score (nSPS) is 24.9. The molecule has 1 aromatic carbocycles. The summed E-state index contributed by atoms with van der Waals surface area (Å²) in [5.74, 6) is 1.57. The summed E-state index contributed by atoms with van der Waals surface area (Å²) in [6.07, 6.45) is 3.55. The molecule has 2 aliphatic heterocycles. The number of hydrogen-bond acceptors (Lipinski definition) is 2. The van der Waals surface area contributed by atoms with E-state index in [1.54, 1.807) is 0 Å². The van der Waals surface area contributed by atoms with Gasteiger partial charge in [-0.05, 0) is 24.8 Å². The number of likely N-dealkylation sites (tertiary alicyclic amines) is 1. The second-order valence-electron chi connectivity index (χ2n) is 6.92. The third-order valence-electron chi connectivity index (χ3n) is 5.40. The van der Waals surface area contributed by atoms with Crippen LogP contribution < -0.4 is 5.32 Å². The van der Waals surface area contributed by atoms with E-state index in [9.17, 15) is 0 Å². The molecule has 4 nitrogen and oxygen atoms in total. The predicted molar refractivity (Wildman–Crippen MR) is 110 cm³/mol. The van der Waals surface area contributed by atoms with Gasteiger partial charge in [-0.2, -0.15) is 0 Å². The number of aliphatic imine (C=N–C) groups is 1. The topological polar surface area (TPSA) is 36.9 Å². The average molecular weight is 443 g/mol. The van der Waals surface area contributed by atoms with Crippen LogP contribution in [-0.4, -0.2) is 50.8 Å². The number of hydrogen-bond donors (Lipinski definition) is 1. The number of nitrogens with one attached hydrogen (secondary N) is 1. The lowest BCUT2D eigenvalue weighted by Gasteiger charge is -2.26. The van der Waals surface area contributed by atoms with Crippen molar-refractivity contribution in [1.29, 1.82) is 0 Å². The third kappa shape index (κ3) is 4.42. The molecule has 2 atom stereocenters. The van der Waals surface area contributed by atoms with Crippen LogP contribution in [0.2, 0.25) is 0 Å². The molecule has 0 amide bonds. The highest BCUT2D eigenvalue weighted by molar-refractivity contribution is 14.0. The van der Waals surface area contributed by atoms with Gasteiger partial charge in [-0.1, -0.05) is 37.3 Å². The molecule has 2 unspecified atom stereocenters. The summed E-state index contributed by atoms with van der Waals surface area (Å²) < 4.78 is 5.63. The van der Waals surface area contributed by atoms with Crippen LogP contribution in [0, 0.1) is 5.41 Å². The van der Waals surface area contributed by atoms with E-state index in [0.717, 1.165) is 45.2 Å². The predicted octanol–water partition coefficient (Wildman–Crippen LogP) is 3.49. The van der Waals surface area contributed by atoms with E-state index in [1.807, 2.05) is 7.05 Å². The van der Waals surface area contributed by atoms with Crippen molar-refractivity contribution in [1.82, 2.24) is 10.2 Å². The number of guanidine groups is 1. The van der Waals surface area contributed by atoms with Gasteiger partial charge in [-0.15, -0.1) is 24.0 Å². The van der Waals surface area contributed by atoms with Crippen molar-refractivity contribution in [3.8, 4) is 0 Å². The summed E-state index contributed by atoms with van der Waals surface area (Å²) in [7, 11) is 1.89. The van der Waals surface area contributed by atoms with Gasteiger partial charge in [0.2, 0.25) is 0 Å². The van der Waals surface area contributed by atoms with Gasteiger partial charge in [0.15, 0.2) is 5.96 Å². The maximum Gasteiger partial charge on any atom is 0.193 e. The quantitative estimate of drug-likeness (QED) is 0.440. The lowest BCUT2D eigenvalue weighted by atomic mass is 9.87. The Morgan fingerprint density at radius 1 is 1.33 bits per heavy atom. The van der Waals surface area contributed by atoms with Crippen molar-refractivity contribution in [2.75, 3.05) is 39.9 Å². The van der Waals surface area contributed by atoms with Gasteiger partial charge in [0.1, 0.15) is 0 Å². The molecule has 2 fully saturated rings. The standard InChI is InChI=1S/C19H29N3O.HI/c1-3-16(17-7-5-4-6-8-17)13-21-18(20-2)22-11-9-19(14-22)10-12-23-15-19;/h4-8,16H,3,9-15H2,1-2H3,(H,20,21);1H. The summed E-state index contributed by atoms with van der Waals surface area (Å²) in [4.78, 5) is 6.92. The van der Waals surface area contributed by atoms with E-state index in [4.69, 9.17) is 4.74 Å². The molecule has 5 heteroatoms. The van der Waals surface area contributed by atoms with Crippen molar-refractivity contribution in [2.24, 2.45) is 10.4 Å². The van der Waals surface area contributed by atoms with Crippen molar-refractivity contribution >= 4 is 29.9 Å². The van der Waals surface area contributed by atoms with Crippen LogP contribution in [0.1, 0.15) is 37.7 Å². The molecular weight excluding hydrogens is 413 g/mol. The Balaban J connectivity index is 0.00000208. The summed E-state index contributed by atoms with van der Waals surface area (Å²) in [5.41, 5.74) is 1.78. The van der Waals surface area contributed by atoms with E-state index < -0.39 is 0 Å². The summed E-state index contributed by atoms with van der Waals surface area (Å²) >= 11 is 0. The van der Waals surface area contributed by atoms with Crippen LogP contribution in [0.3, 0.4) is 0 Å². The van der Waals surface area contributed by atoms with Gasteiger partial charge in [-0.3, -0.25) is 4.99 Å². The molecule has 0 radical (unpaired) electrons. The maximum absolute atomic E-state index is 5.63. The minimum absolute atomic E-state index is 0. The molecule has 0 aromatic heterocycles. The Hall–Kier alpha value is -0.820. The molecule has 2 saturated heterocycles. The number of nitrogens with zero attached hydrogens (tertiary/aromatic N) is 2. The molecule has 2 heterocycles. The molecule has 0 saturated carbocycles. The zero-order valence-electron chi connectivity index (χ0n) is 14.8. The first-order valence-electron chi connectivity index (χ1n) is 8.84. The molecule has 0 aliphatic carbocycles. The van der Waals surface area contributed by atoms with Crippen molar-refractivity contribution in [3.63, 3.8) is 0 Å². The lowest BCUT2D eigenvalue weighted by Crippen LogP contribution is -2.42. The molecule has 1 aromatic rings. The molecule has 2 aliphatic rings. The van der Waals surface area contributed by atoms with Crippen LogP contribution >= 0.6 is 24.0 Å². The second kappa shape index (κ2) is 9.04. The molecular formula is C19H30IN3O. The molecule has 3 rings (SSSR count). The first-order valence-corrected chi connectivity index (χ1v) is 8.84. The lowest BCUT2D eigenvalue weighted by molar-refractivity contribution is 0.156. The third-order valence-corrected chi connectivity index (χ3v) is 5.40. The van der Waals surface area contributed by atoms with E-state index in [2.05, 4.69) is 52.5 Å². The Labute approximate surface area is 163 Å². The number of rotatable bonds is 4. The molecule has 0 bridgehead atoms. The van der Waals surface area contributed by atoms with Gasteiger partial charge in [0.25, 0.3) is 0 Å². The fourth-order valence-electron chi connectivity index (χ4n) is 3.86. The Morgan fingerprint density at radius 2 is 2.12 bits per heavy atom. The highest BCUT2D eigenvalue weighted by Gasteiger charge is 2.42. The van der Waals surface area contributed by atoms with Gasteiger partial charge in [0.05, 0.1) is 6.61 Å². The van der Waals surface area contributed by atoms with E-state index >= 15 is 0 Å². The van der Waals surface area contributed by atoms with Crippen LogP contribution in [0.4, 0.5) is 0 Å². The van der Waals surface area contributed by atoms with Crippen LogP contribution in [0.5, 0.6) is 0 Å². The number of ether oxygens (including phenoxy) is 1. The smallest absolute Gasteiger partial charge is 0.193 e. The first kappa shape index (κ1) is 19.5. The summed E-state index contributed by atoms with van der Waals surface area (Å²) in [5, 5.41) is 3.60. The number of benzene rings is 1. The largest absolute Gasteiger partial charge is 0.381 e. The van der Waals surface area contributed by atoms with Gasteiger partial charge >= 0.3 is 0 Å². The maximum atomic E-state index is 5.63. The van der Waals surface area contributed by atoms with Gasteiger partial charge < -0.3 is 15.0 Å². The Bertz CT molecular complexity index is 529. The minimum atomic E-state index is 0. The van der Waals surface area contributed by atoms with Crippen LogP contribution in [0.25, 0.3) is 0 Å². The van der Waals surface area contributed by atoms with Crippen LogP contribution in [-0.2, 0) is 4.74 Å². The van der Waals surface area contributed by atoms with E-state index in [1.165, 1.54) is 18.4 Å². The highest BCUT2D eigenvalue weighted by Crippen LogP contribution is 2.38. The average Bonchev–Trinajstić information content (AvgIpc) is 3.23. The Morgan fingerprint density at radius 3 is 2.75 bits per heavy atom. The molecule has 1 N–H and O–H groups in total. The van der Waals surface area contributed by atoms with Crippen molar-refractivity contribution in [2.45, 2.75) is 32.1 Å². The molecule has 1 spiro atoms. The van der Waals surface area contributed by atoms with E-state index in [0.29, 0.717) is 11.3 Å². The zero-order chi connectivity index (χ0) is 16.1. The van der Waals surface area contributed by atoms with E-state index in [-0.39, 0.29) is 24.0 Å². The fraction of sp³-hybridized carbons (Fsp3) is 0.632. The molecule has 24 heavy (non-hydrogen) atoms. The number of halogens is 1. The first-order chi connectivity index (χ1) is 11.3. The van der Waals surface area contributed by atoms with Crippen molar-refractivity contribution < 1.29 is 4.74 Å². The SMILES string of the molecule is CCC(CNC(=NC)N1CCC2(CCOC2)C1)c1ccccc1.I. The van der Waals surface area contributed by atoms with Crippen molar-refractivity contribution in [3.05, 3.63) is 35.9 Å². The van der Waals surface area contributed by atoms with Gasteiger partial charge in [0, 0.05) is 44.6 Å². The second-order valence-corrected chi connectivity index (χ2v) is 6.92. The summed E-state index contributed by atoms with van der Waals surface area (Å²) in [6.45, 7) is 7.20. The highest BCUT2D eigenvalue weighted by atomic mass is 127. The zero-order valence-corrected chi connectivity index (χ0v) is 17.2. The minimum Gasteiger partial charge on any atom is -0.381 e. The van der Waals surface area contributed by atoms with Gasteiger partial charge in [-0.25, -0.2) is 0 Å². The molecule has 134 valence electrons. The monoisotopic (exact) mass is 443 g/mol. The Kier molecular flexibility index (Phi) is 7.34. The summed E-state index contributed by atoms with van der Waals surface area (Å²) in [6, 6.07) is 10.8. The fourth-order valence-corrected chi connectivity index (χ4v) is 3.86.